The second kappa shape index (κ2) is 10.4. The van der Waals surface area contributed by atoms with Crippen LogP contribution in [-0.2, 0) is 18.6 Å². The summed E-state index contributed by atoms with van der Waals surface area (Å²) in [6.07, 6.45) is 0. The molecule has 1 aromatic carbocycles. The molecule has 0 saturated heterocycles. The Bertz CT molecular complexity index is 1370. The molecule has 1 unspecified atom stereocenters. The molecule has 0 radical (unpaired) electrons. The minimum Gasteiger partial charge on any atom is -0.493 e. The summed E-state index contributed by atoms with van der Waals surface area (Å²) in [5.41, 5.74) is 0.940. The molecular formula is C26H34N6O3S. The molecule has 0 bridgehead atoms. The van der Waals surface area contributed by atoms with Crippen molar-refractivity contribution >= 4 is 22.2 Å². The normalized spacial score (nSPS) is 13.0. The predicted octanol–water partition coefficient (Wildman–Crippen LogP) is 4.75. The van der Waals surface area contributed by atoms with Crippen LogP contribution in [0.15, 0.2) is 40.5 Å². The zero-order chi connectivity index (χ0) is 26.0. The first-order valence-corrected chi connectivity index (χ1v) is 12.8. The lowest BCUT2D eigenvalue weighted by atomic mass is 9.99. The highest BCUT2D eigenvalue weighted by molar-refractivity contribution is 7.09. The number of aromatic nitrogens is 5. The van der Waals surface area contributed by atoms with Crippen LogP contribution in [0.1, 0.15) is 56.9 Å². The smallest absolute Gasteiger partial charge is 0.252 e. The first-order chi connectivity index (χ1) is 17.1. The lowest BCUT2D eigenvalue weighted by molar-refractivity contribution is 0.121. The van der Waals surface area contributed by atoms with Gasteiger partial charge in [0.05, 0.1) is 31.3 Å². The summed E-state index contributed by atoms with van der Waals surface area (Å²) in [6, 6.07) is 9.66. The second-order valence-corrected chi connectivity index (χ2v) is 11.2. The van der Waals surface area contributed by atoms with Gasteiger partial charge in [0.15, 0.2) is 17.3 Å². The minimum absolute atomic E-state index is 0.109. The van der Waals surface area contributed by atoms with E-state index in [1.54, 1.807) is 31.6 Å². The van der Waals surface area contributed by atoms with Crippen LogP contribution in [0.2, 0.25) is 0 Å². The summed E-state index contributed by atoms with van der Waals surface area (Å²) in [5.74, 6) is 2.17. The van der Waals surface area contributed by atoms with Crippen LogP contribution >= 0.6 is 11.3 Å². The van der Waals surface area contributed by atoms with Crippen LogP contribution in [0.4, 0.5) is 0 Å². The van der Waals surface area contributed by atoms with E-state index in [1.807, 2.05) is 22.9 Å². The average molecular weight is 511 g/mol. The predicted molar refractivity (Wildman–Crippen MR) is 142 cm³/mol. The number of ether oxygens (including phenoxy) is 2. The quantitative estimate of drug-likeness (QED) is 0.347. The van der Waals surface area contributed by atoms with Gasteiger partial charge in [-0.3, -0.25) is 9.69 Å². The third-order valence-electron chi connectivity index (χ3n) is 6.16. The molecule has 192 valence electrons. The van der Waals surface area contributed by atoms with E-state index >= 15 is 0 Å². The molecule has 4 rings (SSSR count). The van der Waals surface area contributed by atoms with E-state index in [0.717, 1.165) is 11.2 Å². The maximum atomic E-state index is 13.2. The summed E-state index contributed by atoms with van der Waals surface area (Å²) >= 11 is 1.70. The molecule has 0 saturated carbocycles. The van der Waals surface area contributed by atoms with Gasteiger partial charge in [-0.25, -0.2) is 4.68 Å². The molecule has 0 fully saturated rings. The van der Waals surface area contributed by atoms with Crippen LogP contribution < -0.4 is 15.0 Å². The number of methoxy groups -OCH3 is 2. The van der Waals surface area contributed by atoms with Gasteiger partial charge in [0.2, 0.25) is 0 Å². The maximum absolute atomic E-state index is 13.2. The molecule has 0 amide bonds. The number of hydrogen-bond acceptors (Lipinski definition) is 8. The first-order valence-electron chi connectivity index (χ1n) is 12.0. The third-order valence-corrected chi connectivity index (χ3v) is 7.02. The Labute approximate surface area is 215 Å². The molecular weight excluding hydrogens is 476 g/mol. The fourth-order valence-corrected chi connectivity index (χ4v) is 5.24. The Morgan fingerprint density at radius 1 is 1.11 bits per heavy atom. The Morgan fingerprint density at radius 3 is 2.44 bits per heavy atom. The van der Waals surface area contributed by atoms with Gasteiger partial charge < -0.3 is 14.5 Å². The summed E-state index contributed by atoms with van der Waals surface area (Å²) in [7, 11) is 3.18. The van der Waals surface area contributed by atoms with Gasteiger partial charge in [-0.15, -0.1) is 16.4 Å². The first kappa shape index (κ1) is 25.8. The molecule has 0 aliphatic rings. The Hall–Kier alpha value is -3.24. The van der Waals surface area contributed by atoms with Gasteiger partial charge in [-0.1, -0.05) is 19.9 Å². The number of tetrazole rings is 1. The minimum atomic E-state index is -0.281. The number of nitrogens with zero attached hydrogens (tertiary/aromatic N) is 5. The molecule has 1 atom stereocenters. The van der Waals surface area contributed by atoms with Crippen molar-refractivity contribution in [2.45, 2.75) is 59.3 Å². The van der Waals surface area contributed by atoms with Gasteiger partial charge in [-0.2, -0.15) is 0 Å². The zero-order valence-corrected chi connectivity index (χ0v) is 22.7. The Balaban J connectivity index is 1.80. The van der Waals surface area contributed by atoms with Crippen molar-refractivity contribution < 1.29 is 9.47 Å². The van der Waals surface area contributed by atoms with E-state index in [-0.39, 0.29) is 23.1 Å². The van der Waals surface area contributed by atoms with Gasteiger partial charge in [0.25, 0.3) is 5.56 Å². The molecule has 36 heavy (non-hydrogen) atoms. The third kappa shape index (κ3) is 5.29. The monoisotopic (exact) mass is 510 g/mol. The number of thiophene rings is 1. The summed E-state index contributed by atoms with van der Waals surface area (Å²) in [4.78, 5) is 19.8. The number of nitrogens with one attached hydrogen (secondary N) is 1. The van der Waals surface area contributed by atoms with Gasteiger partial charge in [0, 0.05) is 35.0 Å². The van der Waals surface area contributed by atoms with Crippen molar-refractivity contribution in [2.75, 3.05) is 14.2 Å². The largest absolute Gasteiger partial charge is 0.493 e. The molecule has 10 heteroatoms. The molecule has 0 aliphatic carbocycles. The van der Waals surface area contributed by atoms with Gasteiger partial charge in [-0.05, 0) is 60.7 Å². The number of fused-ring (bicyclic) bond motifs is 1. The lowest BCUT2D eigenvalue weighted by Crippen LogP contribution is -2.37. The average Bonchev–Trinajstić information content (AvgIpc) is 3.51. The zero-order valence-electron chi connectivity index (χ0n) is 21.9. The highest BCUT2D eigenvalue weighted by Crippen LogP contribution is 2.34. The summed E-state index contributed by atoms with van der Waals surface area (Å²) < 4.78 is 12.8. The molecule has 3 heterocycles. The van der Waals surface area contributed by atoms with Gasteiger partial charge in [0.1, 0.15) is 0 Å². The summed E-state index contributed by atoms with van der Waals surface area (Å²) in [6.45, 7) is 11.7. The highest BCUT2D eigenvalue weighted by Gasteiger charge is 2.33. The number of rotatable bonds is 9. The van der Waals surface area contributed by atoms with Crippen molar-refractivity contribution in [1.82, 2.24) is 30.1 Å². The number of aromatic amines is 1. The van der Waals surface area contributed by atoms with Crippen LogP contribution in [0.3, 0.4) is 0 Å². The van der Waals surface area contributed by atoms with Crippen LogP contribution in [0.5, 0.6) is 11.5 Å². The second-order valence-electron chi connectivity index (χ2n) is 10.2. The fourth-order valence-electron chi connectivity index (χ4n) is 4.51. The summed E-state index contributed by atoms with van der Waals surface area (Å²) in [5, 5.41) is 15.7. The molecule has 4 aromatic rings. The van der Waals surface area contributed by atoms with E-state index in [4.69, 9.17) is 9.47 Å². The lowest BCUT2D eigenvalue weighted by Gasteiger charge is -2.35. The van der Waals surface area contributed by atoms with Crippen molar-refractivity contribution in [3.05, 3.63) is 62.3 Å². The van der Waals surface area contributed by atoms with Gasteiger partial charge >= 0.3 is 0 Å². The van der Waals surface area contributed by atoms with E-state index in [1.165, 1.54) is 4.88 Å². The molecule has 1 N–H and O–H groups in total. The molecule has 3 aromatic heterocycles. The fraction of sp³-hybridized carbons (Fsp3) is 0.462. The van der Waals surface area contributed by atoms with E-state index < -0.39 is 0 Å². The Morgan fingerprint density at radius 2 is 1.83 bits per heavy atom. The van der Waals surface area contributed by atoms with E-state index in [0.29, 0.717) is 35.7 Å². The van der Waals surface area contributed by atoms with E-state index in [9.17, 15) is 4.79 Å². The number of benzene rings is 1. The SMILES string of the molecule is COc1cc2cc(CN(Cc3cccs3)C(c3nnnn3C(C)(C)C)C(C)C)c(=O)[nH]c2cc1OC. The number of pyridine rings is 1. The number of H-pyrrole nitrogens is 1. The molecule has 0 spiro atoms. The number of hydrogen-bond donors (Lipinski definition) is 1. The topological polar surface area (TPSA) is 98.2 Å². The van der Waals surface area contributed by atoms with Crippen molar-refractivity contribution in [3.63, 3.8) is 0 Å². The van der Waals surface area contributed by atoms with E-state index in [2.05, 4.69) is 71.5 Å². The molecule has 0 aliphatic heterocycles. The molecule has 9 nitrogen and oxygen atoms in total. The van der Waals surface area contributed by atoms with Crippen molar-refractivity contribution in [1.29, 1.82) is 0 Å². The maximum Gasteiger partial charge on any atom is 0.252 e. The Kier molecular flexibility index (Phi) is 7.46. The van der Waals surface area contributed by atoms with Crippen molar-refractivity contribution in [3.8, 4) is 11.5 Å². The van der Waals surface area contributed by atoms with Crippen LogP contribution in [-0.4, -0.2) is 44.3 Å². The highest BCUT2D eigenvalue weighted by atomic mass is 32.1. The van der Waals surface area contributed by atoms with Crippen molar-refractivity contribution in [2.24, 2.45) is 5.92 Å². The standard InChI is InChI=1S/C26H34N6O3S/c1-16(2)23(24-28-29-30-32(24)26(3,4)5)31(15-19-9-8-10-36-19)14-18-11-17-12-21(34-6)22(35-7)13-20(17)27-25(18)33/h8-13,16,23H,14-15H2,1-7H3,(H,27,33). The van der Waals surface area contributed by atoms with Crippen LogP contribution in [0, 0.1) is 5.92 Å². The van der Waals surface area contributed by atoms with Crippen LogP contribution in [0.25, 0.3) is 10.9 Å².